The molecule has 0 radical (unpaired) electrons. The molecule has 2 aromatic rings. The number of nitrogens with one attached hydrogen (secondary N) is 1. The standard InChI is InChI=1S/C23H32FN7O3/c1-4-14(3)27-22(33)18-11-19(30-23(29-18)34-12-13(2)24)31-9-7-15(8-10-31)17-6-5-16(25)20(28-17)21(26)32/h5-6,11,13-15H,4,7-10,12,25H2,1-3H3,(H2,26,32)(H,27,33)/t13?,14-/m1/s1. The van der Waals surface area contributed by atoms with Crippen LogP contribution in [0.5, 0.6) is 6.01 Å². The van der Waals surface area contributed by atoms with Crippen LogP contribution < -0.4 is 26.4 Å². The number of rotatable bonds is 9. The largest absolute Gasteiger partial charge is 0.460 e. The molecule has 0 spiro atoms. The lowest BCUT2D eigenvalue weighted by Gasteiger charge is -2.33. The third-order valence-corrected chi connectivity index (χ3v) is 5.78. The van der Waals surface area contributed by atoms with E-state index in [-0.39, 0.29) is 47.6 Å². The molecule has 2 atom stereocenters. The van der Waals surface area contributed by atoms with E-state index in [0.717, 1.165) is 25.0 Å². The van der Waals surface area contributed by atoms with Crippen molar-refractivity contribution in [3.63, 3.8) is 0 Å². The predicted molar refractivity (Wildman–Crippen MR) is 127 cm³/mol. The summed E-state index contributed by atoms with van der Waals surface area (Å²) in [7, 11) is 0. The molecule has 1 saturated heterocycles. The predicted octanol–water partition coefficient (Wildman–Crippen LogP) is 2.20. The van der Waals surface area contributed by atoms with E-state index >= 15 is 0 Å². The summed E-state index contributed by atoms with van der Waals surface area (Å²) in [4.78, 5) is 39.3. The van der Waals surface area contributed by atoms with Crippen molar-refractivity contribution in [3.05, 3.63) is 35.3 Å². The molecule has 2 amide bonds. The average molecular weight is 474 g/mol. The molecule has 10 nitrogen and oxygen atoms in total. The Hall–Kier alpha value is -3.50. The molecule has 184 valence electrons. The van der Waals surface area contributed by atoms with E-state index < -0.39 is 12.1 Å². The second-order valence-electron chi connectivity index (χ2n) is 8.57. The number of alkyl halides is 1. The van der Waals surface area contributed by atoms with E-state index in [1.54, 1.807) is 12.1 Å². The minimum absolute atomic E-state index is 0.0189. The number of primary amides is 1. The van der Waals surface area contributed by atoms with Gasteiger partial charge < -0.3 is 26.4 Å². The number of carbonyl (C=O) groups is 2. The highest BCUT2D eigenvalue weighted by Crippen LogP contribution is 2.30. The van der Waals surface area contributed by atoms with Gasteiger partial charge in [-0.3, -0.25) is 9.59 Å². The van der Waals surface area contributed by atoms with Gasteiger partial charge in [0, 0.05) is 36.8 Å². The zero-order valence-electron chi connectivity index (χ0n) is 19.8. The number of aromatic nitrogens is 3. The highest BCUT2D eigenvalue weighted by atomic mass is 19.1. The van der Waals surface area contributed by atoms with Gasteiger partial charge in [0.15, 0.2) is 5.69 Å². The van der Waals surface area contributed by atoms with Crippen molar-refractivity contribution in [2.24, 2.45) is 5.73 Å². The van der Waals surface area contributed by atoms with Crippen molar-refractivity contribution in [1.29, 1.82) is 0 Å². The first kappa shape index (κ1) is 25.1. The first-order chi connectivity index (χ1) is 16.2. The molecule has 1 aliphatic rings. The Morgan fingerprint density at radius 1 is 1.24 bits per heavy atom. The Bertz CT molecular complexity index is 1030. The Morgan fingerprint density at radius 3 is 2.56 bits per heavy atom. The van der Waals surface area contributed by atoms with Gasteiger partial charge in [-0.1, -0.05) is 6.92 Å². The Morgan fingerprint density at radius 2 is 1.94 bits per heavy atom. The second-order valence-corrected chi connectivity index (χ2v) is 8.57. The average Bonchev–Trinajstić information content (AvgIpc) is 2.82. The second kappa shape index (κ2) is 11.1. The van der Waals surface area contributed by atoms with E-state index in [1.807, 2.05) is 24.8 Å². The molecule has 2 aromatic heterocycles. The van der Waals surface area contributed by atoms with Crippen LogP contribution in [0.1, 0.15) is 72.6 Å². The quantitative estimate of drug-likeness (QED) is 0.502. The third-order valence-electron chi connectivity index (χ3n) is 5.78. The lowest BCUT2D eigenvalue weighted by atomic mass is 9.92. The Balaban J connectivity index is 1.78. The van der Waals surface area contributed by atoms with Crippen molar-refractivity contribution in [2.45, 2.75) is 58.2 Å². The molecular formula is C23H32FN7O3. The minimum atomic E-state index is -1.20. The molecule has 0 saturated carbocycles. The summed E-state index contributed by atoms with van der Waals surface area (Å²) < 4.78 is 18.7. The zero-order valence-corrected chi connectivity index (χ0v) is 19.8. The smallest absolute Gasteiger partial charge is 0.319 e. The number of nitrogens with two attached hydrogens (primary N) is 2. The highest BCUT2D eigenvalue weighted by Gasteiger charge is 2.25. The maximum atomic E-state index is 13.3. The van der Waals surface area contributed by atoms with Gasteiger partial charge in [0.2, 0.25) is 0 Å². The van der Waals surface area contributed by atoms with Crippen LogP contribution in [0.25, 0.3) is 0 Å². The maximum Gasteiger partial charge on any atom is 0.319 e. The van der Waals surface area contributed by atoms with Gasteiger partial charge in [0.05, 0.1) is 5.69 Å². The highest BCUT2D eigenvalue weighted by molar-refractivity contribution is 5.95. The normalized spacial score (nSPS) is 16.1. The Kier molecular flexibility index (Phi) is 8.19. The number of piperidine rings is 1. The molecule has 3 heterocycles. The molecular weight excluding hydrogens is 441 g/mol. The summed E-state index contributed by atoms with van der Waals surface area (Å²) in [5.74, 6) is -0.340. The number of nitrogen functional groups attached to an aromatic ring is 1. The molecule has 11 heteroatoms. The molecule has 1 fully saturated rings. The van der Waals surface area contributed by atoms with Crippen LogP contribution in [0, 0.1) is 0 Å². The maximum absolute atomic E-state index is 13.3. The number of halogens is 1. The van der Waals surface area contributed by atoms with Crippen molar-refractivity contribution in [2.75, 3.05) is 30.3 Å². The lowest BCUT2D eigenvalue weighted by molar-refractivity contribution is 0.0931. The third kappa shape index (κ3) is 6.30. The van der Waals surface area contributed by atoms with Gasteiger partial charge in [-0.15, -0.1) is 0 Å². The van der Waals surface area contributed by atoms with Crippen molar-refractivity contribution >= 4 is 23.3 Å². The first-order valence-electron chi connectivity index (χ1n) is 11.5. The lowest BCUT2D eigenvalue weighted by Crippen LogP contribution is -2.35. The number of carbonyl (C=O) groups excluding carboxylic acids is 2. The van der Waals surface area contributed by atoms with Gasteiger partial charge in [0.25, 0.3) is 11.8 Å². The summed E-state index contributed by atoms with van der Waals surface area (Å²) in [5, 5.41) is 2.88. The van der Waals surface area contributed by atoms with Crippen LogP contribution in [-0.4, -0.2) is 58.7 Å². The number of ether oxygens (including phenoxy) is 1. The molecule has 3 rings (SSSR count). The van der Waals surface area contributed by atoms with Gasteiger partial charge in [-0.2, -0.15) is 9.97 Å². The number of anilines is 2. The first-order valence-corrected chi connectivity index (χ1v) is 11.5. The Labute approximate surface area is 198 Å². The SMILES string of the molecule is CC[C@@H](C)NC(=O)c1cc(N2CCC(c3ccc(N)c(C(N)=O)n3)CC2)nc(OCC(C)F)n1. The van der Waals surface area contributed by atoms with Crippen LogP contribution in [0.3, 0.4) is 0 Å². The summed E-state index contributed by atoms with van der Waals surface area (Å²) in [6, 6.07) is 5.03. The van der Waals surface area contributed by atoms with Gasteiger partial charge in [0.1, 0.15) is 24.3 Å². The fourth-order valence-corrected chi connectivity index (χ4v) is 3.66. The van der Waals surface area contributed by atoms with E-state index in [0.29, 0.717) is 18.9 Å². The molecule has 5 N–H and O–H groups in total. The fraction of sp³-hybridized carbons (Fsp3) is 0.522. The van der Waals surface area contributed by atoms with Crippen molar-refractivity contribution in [3.8, 4) is 6.01 Å². The van der Waals surface area contributed by atoms with Crippen LogP contribution in [0.2, 0.25) is 0 Å². The van der Waals surface area contributed by atoms with E-state index in [1.165, 1.54) is 6.92 Å². The van der Waals surface area contributed by atoms with Crippen LogP contribution in [0.4, 0.5) is 15.9 Å². The van der Waals surface area contributed by atoms with Gasteiger partial charge in [-0.25, -0.2) is 9.37 Å². The van der Waals surface area contributed by atoms with Crippen molar-refractivity contribution < 1.29 is 18.7 Å². The number of amides is 2. The topological polar surface area (TPSA) is 149 Å². The summed E-state index contributed by atoms with van der Waals surface area (Å²) >= 11 is 0. The minimum Gasteiger partial charge on any atom is -0.460 e. The molecule has 1 aliphatic heterocycles. The molecule has 0 aromatic carbocycles. The monoisotopic (exact) mass is 473 g/mol. The van der Waals surface area contributed by atoms with Gasteiger partial charge >= 0.3 is 6.01 Å². The molecule has 1 unspecified atom stereocenters. The zero-order chi connectivity index (χ0) is 24.8. The van der Waals surface area contributed by atoms with Crippen LogP contribution in [-0.2, 0) is 0 Å². The van der Waals surface area contributed by atoms with E-state index in [2.05, 4.69) is 20.3 Å². The van der Waals surface area contributed by atoms with E-state index in [4.69, 9.17) is 16.2 Å². The summed E-state index contributed by atoms with van der Waals surface area (Å²) in [5.41, 5.74) is 12.4. The number of pyridine rings is 1. The van der Waals surface area contributed by atoms with Crippen molar-refractivity contribution in [1.82, 2.24) is 20.3 Å². The molecule has 0 aliphatic carbocycles. The molecule has 34 heavy (non-hydrogen) atoms. The van der Waals surface area contributed by atoms with Crippen LogP contribution >= 0.6 is 0 Å². The van der Waals surface area contributed by atoms with Gasteiger partial charge in [-0.05, 0) is 45.2 Å². The summed E-state index contributed by atoms with van der Waals surface area (Å²) in [6.07, 6.45) is 1.06. The van der Waals surface area contributed by atoms with Crippen LogP contribution in [0.15, 0.2) is 18.2 Å². The number of hydrogen-bond acceptors (Lipinski definition) is 8. The van der Waals surface area contributed by atoms with E-state index in [9.17, 15) is 14.0 Å². The fourth-order valence-electron chi connectivity index (χ4n) is 3.66. The summed E-state index contributed by atoms with van der Waals surface area (Å²) in [6.45, 7) is 6.31. The number of hydrogen-bond donors (Lipinski definition) is 3. The number of nitrogens with zero attached hydrogens (tertiary/aromatic N) is 4. The molecule has 0 bridgehead atoms.